The molecule has 0 radical (unpaired) electrons. The molecule has 7 heteroatoms. The number of hydrogen-bond donors (Lipinski definition) is 1. The summed E-state index contributed by atoms with van der Waals surface area (Å²) in [6.07, 6.45) is -6.40. The molecule has 0 amide bonds. The van der Waals surface area contributed by atoms with Crippen LogP contribution in [0.2, 0.25) is 0 Å². The minimum absolute atomic E-state index is 0.0514. The summed E-state index contributed by atoms with van der Waals surface area (Å²) in [7, 11) is 0. The SMILES string of the molecule is CCC(N)C(Oc1ccc2c(c1)OCO2)C(F)(F)F. The first-order chi connectivity index (χ1) is 8.91. The zero-order chi connectivity index (χ0) is 14.0. The second-order valence-electron chi connectivity index (χ2n) is 4.17. The summed E-state index contributed by atoms with van der Waals surface area (Å²) < 4.78 is 53.7. The van der Waals surface area contributed by atoms with Crippen LogP contribution in [0.4, 0.5) is 13.2 Å². The lowest BCUT2D eigenvalue weighted by Gasteiger charge is -2.26. The minimum atomic E-state index is -4.52. The summed E-state index contributed by atoms with van der Waals surface area (Å²) in [5, 5.41) is 0. The van der Waals surface area contributed by atoms with Gasteiger partial charge in [-0.2, -0.15) is 13.2 Å². The average Bonchev–Trinajstić information content (AvgIpc) is 2.81. The van der Waals surface area contributed by atoms with Crippen LogP contribution in [-0.4, -0.2) is 25.1 Å². The molecule has 106 valence electrons. The van der Waals surface area contributed by atoms with E-state index in [1.807, 2.05) is 0 Å². The van der Waals surface area contributed by atoms with Crippen LogP contribution in [0.25, 0.3) is 0 Å². The Hall–Kier alpha value is -1.63. The van der Waals surface area contributed by atoms with Gasteiger partial charge in [-0.3, -0.25) is 0 Å². The zero-order valence-electron chi connectivity index (χ0n) is 10.2. The number of alkyl halides is 3. The molecule has 0 aromatic heterocycles. The predicted molar refractivity (Wildman–Crippen MR) is 61.3 cm³/mol. The summed E-state index contributed by atoms with van der Waals surface area (Å²) in [4.78, 5) is 0. The van der Waals surface area contributed by atoms with Crippen LogP contribution in [0.5, 0.6) is 17.2 Å². The molecule has 0 saturated carbocycles. The molecule has 0 saturated heterocycles. The molecule has 19 heavy (non-hydrogen) atoms. The molecule has 2 N–H and O–H groups in total. The van der Waals surface area contributed by atoms with Crippen molar-refractivity contribution < 1.29 is 27.4 Å². The van der Waals surface area contributed by atoms with Gasteiger partial charge < -0.3 is 19.9 Å². The van der Waals surface area contributed by atoms with Crippen molar-refractivity contribution in [1.29, 1.82) is 0 Å². The second-order valence-corrected chi connectivity index (χ2v) is 4.17. The van der Waals surface area contributed by atoms with E-state index in [0.717, 1.165) is 0 Å². The molecule has 0 fully saturated rings. The second kappa shape index (κ2) is 5.16. The molecule has 4 nitrogen and oxygen atoms in total. The smallest absolute Gasteiger partial charge is 0.426 e. The van der Waals surface area contributed by atoms with E-state index in [9.17, 15) is 13.2 Å². The Bertz CT molecular complexity index is 450. The first kappa shape index (κ1) is 13.8. The van der Waals surface area contributed by atoms with Crippen molar-refractivity contribution in [1.82, 2.24) is 0 Å². The Morgan fingerprint density at radius 2 is 2.00 bits per heavy atom. The molecule has 1 aliphatic heterocycles. The van der Waals surface area contributed by atoms with Crippen LogP contribution < -0.4 is 19.9 Å². The van der Waals surface area contributed by atoms with Crippen molar-refractivity contribution in [3.05, 3.63) is 18.2 Å². The highest BCUT2D eigenvalue weighted by molar-refractivity contribution is 5.47. The first-order valence-corrected chi connectivity index (χ1v) is 5.80. The van der Waals surface area contributed by atoms with Crippen LogP contribution in [-0.2, 0) is 0 Å². The third-order valence-electron chi connectivity index (χ3n) is 2.79. The summed E-state index contributed by atoms with van der Waals surface area (Å²) in [6.45, 7) is 1.63. The molecule has 1 aromatic carbocycles. The van der Waals surface area contributed by atoms with E-state index in [4.69, 9.17) is 19.9 Å². The van der Waals surface area contributed by atoms with Gasteiger partial charge >= 0.3 is 6.18 Å². The van der Waals surface area contributed by atoms with Gasteiger partial charge in [0.2, 0.25) is 12.9 Å². The van der Waals surface area contributed by atoms with Crippen molar-refractivity contribution in [3.8, 4) is 17.2 Å². The third-order valence-corrected chi connectivity index (χ3v) is 2.79. The quantitative estimate of drug-likeness (QED) is 0.918. The molecule has 0 aliphatic carbocycles. The normalized spacial score (nSPS) is 17.1. The predicted octanol–water partition coefficient (Wildman–Crippen LogP) is 2.46. The van der Waals surface area contributed by atoms with Gasteiger partial charge in [-0.1, -0.05) is 6.92 Å². The van der Waals surface area contributed by atoms with Gasteiger partial charge in [0.25, 0.3) is 0 Å². The van der Waals surface area contributed by atoms with Crippen molar-refractivity contribution in [3.63, 3.8) is 0 Å². The lowest BCUT2D eigenvalue weighted by atomic mass is 10.1. The minimum Gasteiger partial charge on any atom is -0.479 e. The Labute approximate surface area is 108 Å². The van der Waals surface area contributed by atoms with E-state index in [1.54, 1.807) is 6.92 Å². The van der Waals surface area contributed by atoms with Gasteiger partial charge in [-0.25, -0.2) is 0 Å². The Morgan fingerprint density at radius 3 is 2.63 bits per heavy atom. The fraction of sp³-hybridized carbons (Fsp3) is 0.500. The fourth-order valence-corrected chi connectivity index (χ4v) is 1.71. The highest BCUT2D eigenvalue weighted by atomic mass is 19.4. The van der Waals surface area contributed by atoms with E-state index < -0.39 is 18.3 Å². The Balaban J connectivity index is 2.17. The van der Waals surface area contributed by atoms with Crippen LogP contribution in [0, 0.1) is 0 Å². The Kier molecular flexibility index (Phi) is 3.75. The third kappa shape index (κ3) is 3.04. The van der Waals surface area contributed by atoms with Crippen LogP contribution >= 0.6 is 0 Å². The number of fused-ring (bicyclic) bond motifs is 1. The molecule has 1 aliphatic rings. The highest BCUT2D eigenvalue weighted by Crippen LogP contribution is 2.36. The number of rotatable bonds is 4. The van der Waals surface area contributed by atoms with Crippen molar-refractivity contribution in [2.75, 3.05) is 6.79 Å². The highest BCUT2D eigenvalue weighted by Gasteiger charge is 2.45. The molecule has 2 rings (SSSR count). The topological polar surface area (TPSA) is 53.7 Å². The van der Waals surface area contributed by atoms with E-state index in [-0.39, 0.29) is 19.0 Å². The maximum absolute atomic E-state index is 12.9. The number of hydrogen-bond acceptors (Lipinski definition) is 4. The van der Waals surface area contributed by atoms with Crippen LogP contribution in [0.1, 0.15) is 13.3 Å². The lowest BCUT2D eigenvalue weighted by molar-refractivity contribution is -0.200. The molecule has 1 aromatic rings. The number of halogens is 3. The Morgan fingerprint density at radius 1 is 1.32 bits per heavy atom. The van der Waals surface area contributed by atoms with Crippen molar-refractivity contribution >= 4 is 0 Å². The van der Waals surface area contributed by atoms with E-state index in [2.05, 4.69) is 0 Å². The summed E-state index contributed by atoms with van der Waals surface area (Å²) in [5.74, 6) is 0.898. The average molecular weight is 277 g/mol. The maximum atomic E-state index is 12.9. The molecular weight excluding hydrogens is 263 g/mol. The van der Waals surface area contributed by atoms with E-state index >= 15 is 0 Å². The monoisotopic (exact) mass is 277 g/mol. The van der Waals surface area contributed by atoms with Gasteiger partial charge in [0.05, 0.1) is 6.04 Å². The largest absolute Gasteiger partial charge is 0.479 e. The van der Waals surface area contributed by atoms with E-state index in [0.29, 0.717) is 11.5 Å². The van der Waals surface area contributed by atoms with Crippen LogP contribution in [0.15, 0.2) is 18.2 Å². The summed E-state index contributed by atoms with van der Waals surface area (Å²) in [6, 6.07) is 3.14. The molecular formula is C12H14F3NO3. The van der Waals surface area contributed by atoms with Gasteiger partial charge in [0, 0.05) is 6.07 Å². The summed E-state index contributed by atoms with van der Waals surface area (Å²) >= 11 is 0. The lowest BCUT2D eigenvalue weighted by Crippen LogP contribution is -2.48. The molecule has 2 atom stereocenters. The van der Waals surface area contributed by atoms with Gasteiger partial charge in [-0.15, -0.1) is 0 Å². The number of benzene rings is 1. The van der Waals surface area contributed by atoms with E-state index in [1.165, 1.54) is 18.2 Å². The standard InChI is InChI=1S/C12H14F3NO3/c1-2-8(16)11(12(13,14)15)19-7-3-4-9-10(5-7)18-6-17-9/h3-5,8,11H,2,6,16H2,1H3. The number of ether oxygens (including phenoxy) is 3. The molecule has 1 heterocycles. The van der Waals surface area contributed by atoms with Crippen molar-refractivity contribution in [2.24, 2.45) is 5.73 Å². The number of nitrogens with two attached hydrogens (primary N) is 1. The van der Waals surface area contributed by atoms with Gasteiger partial charge in [0.15, 0.2) is 11.5 Å². The van der Waals surface area contributed by atoms with Gasteiger partial charge in [0.1, 0.15) is 5.75 Å². The van der Waals surface area contributed by atoms with Crippen LogP contribution in [0.3, 0.4) is 0 Å². The zero-order valence-corrected chi connectivity index (χ0v) is 10.2. The molecule has 0 bridgehead atoms. The van der Waals surface area contributed by atoms with Crippen molar-refractivity contribution in [2.45, 2.75) is 31.7 Å². The van der Waals surface area contributed by atoms with Gasteiger partial charge in [-0.05, 0) is 18.6 Å². The maximum Gasteiger partial charge on any atom is 0.426 e. The molecule has 0 spiro atoms. The fourth-order valence-electron chi connectivity index (χ4n) is 1.71. The summed E-state index contributed by atoms with van der Waals surface area (Å²) in [5.41, 5.74) is 5.46. The molecule has 2 unspecified atom stereocenters. The first-order valence-electron chi connectivity index (χ1n) is 5.80.